The Labute approximate surface area is 151 Å². The Bertz CT molecular complexity index is 671. The SMILES string of the molecule is CCOC(=O)c1ccc(NC(=O)C(=O)N2CCC3(CC2)OCCO3)cc1. The summed E-state index contributed by atoms with van der Waals surface area (Å²) in [6.07, 6.45) is 1.11. The fourth-order valence-corrected chi connectivity index (χ4v) is 3.07. The van der Waals surface area contributed by atoms with Crippen molar-refractivity contribution in [3.05, 3.63) is 29.8 Å². The van der Waals surface area contributed by atoms with Gasteiger partial charge in [-0.25, -0.2) is 4.79 Å². The first-order valence-electron chi connectivity index (χ1n) is 8.68. The number of esters is 1. The maximum absolute atomic E-state index is 12.3. The van der Waals surface area contributed by atoms with Gasteiger partial charge in [0.1, 0.15) is 0 Å². The number of nitrogens with zero attached hydrogens (tertiary/aromatic N) is 1. The minimum absolute atomic E-state index is 0.291. The fraction of sp³-hybridized carbons (Fsp3) is 0.500. The second kappa shape index (κ2) is 7.84. The Morgan fingerprint density at radius 3 is 2.31 bits per heavy atom. The monoisotopic (exact) mass is 362 g/mol. The molecule has 0 aromatic heterocycles. The molecule has 1 spiro atoms. The second-order valence-corrected chi connectivity index (χ2v) is 6.15. The molecule has 2 saturated heterocycles. The Morgan fingerprint density at radius 1 is 1.12 bits per heavy atom. The van der Waals surface area contributed by atoms with Crippen molar-refractivity contribution >= 4 is 23.5 Å². The van der Waals surface area contributed by atoms with Crippen molar-refractivity contribution in [3.63, 3.8) is 0 Å². The summed E-state index contributed by atoms with van der Waals surface area (Å²) in [6, 6.07) is 6.20. The maximum atomic E-state index is 12.3. The molecule has 0 radical (unpaired) electrons. The zero-order valence-electron chi connectivity index (χ0n) is 14.7. The molecule has 8 nitrogen and oxygen atoms in total. The zero-order valence-corrected chi connectivity index (χ0v) is 14.7. The minimum atomic E-state index is -0.710. The molecule has 1 aromatic carbocycles. The Kier molecular flexibility index (Phi) is 5.53. The first kappa shape index (κ1) is 18.3. The van der Waals surface area contributed by atoms with Crippen LogP contribution in [0.1, 0.15) is 30.1 Å². The molecule has 0 unspecified atom stereocenters. The van der Waals surface area contributed by atoms with Crippen LogP contribution >= 0.6 is 0 Å². The summed E-state index contributed by atoms with van der Waals surface area (Å²) in [7, 11) is 0. The van der Waals surface area contributed by atoms with Gasteiger partial charge in [-0.15, -0.1) is 0 Å². The molecule has 1 N–H and O–H groups in total. The number of nitrogens with one attached hydrogen (secondary N) is 1. The molecule has 2 heterocycles. The molecule has 140 valence electrons. The number of amides is 2. The summed E-state index contributed by atoms with van der Waals surface area (Å²) in [4.78, 5) is 37.6. The standard InChI is InChI=1S/C18H22N2O6/c1-2-24-17(23)13-3-5-14(6-4-13)19-15(21)16(22)20-9-7-18(8-10-20)25-11-12-26-18/h3-6H,2,7-12H2,1H3,(H,19,21). The quantitative estimate of drug-likeness (QED) is 0.641. The molecule has 26 heavy (non-hydrogen) atoms. The third kappa shape index (κ3) is 4.03. The summed E-state index contributed by atoms with van der Waals surface area (Å²) in [5.41, 5.74) is 0.821. The van der Waals surface area contributed by atoms with Gasteiger partial charge >= 0.3 is 17.8 Å². The van der Waals surface area contributed by atoms with Crippen molar-refractivity contribution in [1.82, 2.24) is 4.90 Å². The molecule has 0 atom stereocenters. The average molecular weight is 362 g/mol. The molecular weight excluding hydrogens is 340 g/mol. The van der Waals surface area contributed by atoms with E-state index in [2.05, 4.69) is 5.32 Å². The van der Waals surface area contributed by atoms with Crippen molar-refractivity contribution in [2.24, 2.45) is 0 Å². The molecule has 8 heteroatoms. The van der Waals surface area contributed by atoms with Gasteiger partial charge in [0.05, 0.1) is 25.4 Å². The smallest absolute Gasteiger partial charge is 0.338 e. The van der Waals surface area contributed by atoms with Crippen LogP contribution in [0.15, 0.2) is 24.3 Å². The van der Waals surface area contributed by atoms with Gasteiger partial charge in [-0.1, -0.05) is 0 Å². The van der Waals surface area contributed by atoms with Crippen molar-refractivity contribution in [3.8, 4) is 0 Å². The number of piperidine rings is 1. The van der Waals surface area contributed by atoms with Crippen LogP contribution in [0.4, 0.5) is 5.69 Å². The Balaban J connectivity index is 1.53. The maximum Gasteiger partial charge on any atom is 0.338 e. The third-order valence-electron chi connectivity index (χ3n) is 4.47. The van der Waals surface area contributed by atoms with Crippen LogP contribution in [0, 0.1) is 0 Å². The number of hydrogen-bond acceptors (Lipinski definition) is 6. The van der Waals surface area contributed by atoms with Crippen molar-refractivity contribution in [2.45, 2.75) is 25.6 Å². The molecule has 2 aliphatic rings. The van der Waals surface area contributed by atoms with E-state index < -0.39 is 23.6 Å². The van der Waals surface area contributed by atoms with E-state index >= 15 is 0 Å². The molecule has 0 saturated carbocycles. The Morgan fingerprint density at radius 2 is 1.73 bits per heavy atom. The van der Waals surface area contributed by atoms with E-state index in [0.717, 1.165) is 0 Å². The van der Waals surface area contributed by atoms with E-state index in [-0.39, 0.29) is 0 Å². The largest absolute Gasteiger partial charge is 0.462 e. The number of anilines is 1. The van der Waals surface area contributed by atoms with Gasteiger partial charge in [-0.3, -0.25) is 9.59 Å². The summed E-state index contributed by atoms with van der Waals surface area (Å²) in [5, 5.41) is 2.55. The van der Waals surface area contributed by atoms with E-state index in [0.29, 0.717) is 57.0 Å². The van der Waals surface area contributed by atoms with Crippen LogP contribution in [0.25, 0.3) is 0 Å². The molecule has 3 rings (SSSR count). The van der Waals surface area contributed by atoms with Gasteiger partial charge in [0.2, 0.25) is 0 Å². The van der Waals surface area contributed by atoms with Gasteiger partial charge in [-0.05, 0) is 31.2 Å². The number of hydrogen-bond donors (Lipinski definition) is 1. The van der Waals surface area contributed by atoms with Crippen LogP contribution in [-0.2, 0) is 23.8 Å². The van der Waals surface area contributed by atoms with Gasteiger partial charge in [-0.2, -0.15) is 0 Å². The lowest BCUT2D eigenvalue weighted by Gasteiger charge is -2.37. The summed E-state index contributed by atoms with van der Waals surface area (Å²) < 4.78 is 16.1. The predicted molar refractivity (Wildman–Crippen MR) is 91.5 cm³/mol. The number of ether oxygens (including phenoxy) is 3. The summed E-state index contributed by atoms with van der Waals surface area (Å²) >= 11 is 0. The molecule has 2 amide bonds. The minimum Gasteiger partial charge on any atom is -0.462 e. The van der Waals surface area contributed by atoms with E-state index in [4.69, 9.17) is 14.2 Å². The van der Waals surface area contributed by atoms with Crippen molar-refractivity contribution in [2.75, 3.05) is 38.2 Å². The number of benzene rings is 1. The van der Waals surface area contributed by atoms with E-state index in [9.17, 15) is 14.4 Å². The second-order valence-electron chi connectivity index (χ2n) is 6.15. The van der Waals surface area contributed by atoms with Crippen LogP contribution in [0.2, 0.25) is 0 Å². The predicted octanol–water partition coefficient (Wildman–Crippen LogP) is 1.17. The van der Waals surface area contributed by atoms with Crippen LogP contribution in [0.3, 0.4) is 0 Å². The lowest BCUT2D eigenvalue weighted by Crippen LogP contribution is -2.50. The number of rotatable bonds is 3. The molecule has 2 fully saturated rings. The highest BCUT2D eigenvalue weighted by Gasteiger charge is 2.41. The number of carbonyl (C=O) groups excluding carboxylic acids is 3. The van der Waals surface area contributed by atoms with E-state index in [1.807, 2.05) is 0 Å². The zero-order chi connectivity index (χ0) is 18.6. The van der Waals surface area contributed by atoms with Crippen LogP contribution in [0.5, 0.6) is 0 Å². The van der Waals surface area contributed by atoms with Crippen LogP contribution < -0.4 is 5.32 Å². The van der Waals surface area contributed by atoms with Crippen molar-refractivity contribution in [1.29, 1.82) is 0 Å². The highest BCUT2D eigenvalue weighted by atomic mass is 16.7. The normalized spacial score (nSPS) is 18.6. The molecule has 0 aliphatic carbocycles. The van der Waals surface area contributed by atoms with E-state index in [1.165, 1.54) is 17.0 Å². The highest BCUT2D eigenvalue weighted by Crippen LogP contribution is 2.31. The first-order valence-corrected chi connectivity index (χ1v) is 8.68. The number of carbonyl (C=O) groups is 3. The summed E-state index contributed by atoms with van der Waals surface area (Å²) in [5.74, 6) is -2.32. The van der Waals surface area contributed by atoms with Crippen LogP contribution in [-0.4, -0.2) is 61.4 Å². The van der Waals surface area contributed by atoms with Gasteiger partial charge in [0.15, 0.2) is 5.79 Å². The topological polar surface area (TPSA) is 94.2 Å². The van der Waals surface area contributed by atoms with Gasteiger partial charge in [0, 0.05) is 31.6 Å². The average Bonchev–Trinajstić information content (AvgIpc) is 3.10. The van der Waals surface area contributed by atoms with Gasteiger partial charge < -0.3 is 24.4 Å². The summed E-state index contributed by atoms with van der Waals surface area (Å²) in [6.45, 7) is 3.97. The Hall–Kier alpha value is -2.45. The van der Waals surface area contributed by atoms with Gasteiger partial charge in [0.25, 0.3) is 0 Å². The molecular formula is C18H22N2O6. The fourth-order valence-electron chi connectivity index (χ4n) is 3.07. The lowest BCUT2D eigenvalue weighted by molar-refractivity contribution is -0.187. The first-order chi connectivity index (χ1) is 12.5. The lowest BCUT2D eigenvalue weighted by atomic mass is 10.0. The van der Waals surface area contributed by atoms with Crippen molar-refractivity contribution < 1.29 is 28.6 Å². The molecule has 2 aliphatic heterocycles. The highest BCUT2D eigenvalue weighted by molar-refractivity contribution is 6.39. The molecule has 1 aromatic rings. The third-order valence-corrected chi connectivity index (χ3v) is 4.47. The molecule has 0 bridgehead atoms. The van der Waals surface area contributed by atoms with E-state index in [1.54, 1.807) is 19.1 Å². The number of likely N-dealkylation sites (tertiary alicyclic amines) is 1.